The van der Waals surface area contributed by atoms with Gasteiger partial charge in [0.05, 0.1) is 0 Å². The Morgan fingerprint density at radius 2 is 1.10 bits per heavy atom. The Balaban J connectivity index is 0. The van der Waals surface area contributed by atoms with E-state index in [1.807, 2.05) is 0 Å². The fourth-order valence-electron chi connectivity index (χ4n) is 0.979. The van der Waals surface area contributed by atoms with Gasteiger partial charge in [-0.15, -0.1) is 0 Å². The van der Waals surface area contributed by atoms with Crippen LogP contribution < -0.4 is 36.3 Å². The smallest absolute Gasteiger partial charge is 0.147 e. The van der Waals surface area contributed by atoms with Gasteiger partial charge in [0, 0.05) is 12.8 Å². The molecule has 1 aliphatic rings. The average molecular weight is 187 g/mol. The van der Waals surface area contributed by atoms with Crippen LogP contribution in [0.1, 0.15) is 26.7 Å². The Bertz CT molecular complexity index is 98.3. The lowest BCUT2D eigenvalue weighted by Gasteiger charge is -2.43. The Labute approximate surface area is 74.5 Å². The number of quaternary nitrogens is 2. The van der Waals surface area contributed by atoms with Gasteiger partial charge in [0.2, 0.25) is 0 Å². The van der Waals surface area contributed by atoms with Gasteiger partial charge in [0.15, 0.2) is 0 Å². The summed E-state index contributed by atoms with van der Waals surface area (Å²) < 4.78 is 0. The number of hydrogen-bond donors (Lipinski definition) is 2. The lowest BCUT2D eigenvalue weighted by atomic mass is 9.64. The maximum atomic E-state index is 4.07. The van der Waals surface area contributed by atoms with E-state index in [2.05, 4.69) is 25.3 Å². The van der Waals surface area contributed by atoms with Crippen LogP contribution in [0.15, 0.2) is 0 Å². The summed E-state index contributed by atoms with van der Waals surface area (Å²) in [6.07, 6.45) is 2.49. The first-order chi connectivity index (χ1) is 3.46. The third-order valence-corrected chi connectivity index (χ3v) is 2.69. The van der Waals surface area contributed by atoms with Crippen LogP contribution in [0, 0.1) is 0 Å². The van der Waals surface area contributed by atoms with Crippen LogP contribution in [0.4, 0.5) is 0 Å². The van der Waals surface area contributed by atoms with Crippen molar-refractivity contribution in [2.24, 2.45) is 0 Å². The molecule has 4 heteroatoms. The van der Waals surface area contributed by atoms with Gasteiger partial charge in [-0.05, 0) is 13.8 Å². The summed E-state index contributed by atoms with van der Waals surface area (Å²) in [5, 5.41) is 0. The van der Waals surface area contributed by atoms with Crippen molar-refractivity contribution in [3.8, 4) is 0 Å². The first-order valence-electron chi connectivity index (χ1n) is 3.16. The van der Waals surface area contributed by atoms with Gasteiger partial charge in [-0.2, -0.15) is 0 Å². The zero-order valence-corrected chi connectivity index (χ0v) is 8.10. The van der Waals surface area contributed by atoms with Gasteiger partial charge in [0.25, 0.3) is 0 Å². The fraction of sp³-hybridized carbons (Fsp3) is 1.00. The average Bonchev–Trinajstić information content (AvgIpc) is 1.64. The minimum Gasteiger partial charge on any atom is -1.00 e. The molecule has 0 radical (unpaired) electrons. The van der Waals surface area contributed by atoms with E-state index < -0.39 is 0 Å². The molecule has 0 unspecified atom stereocenters. The van der Waals surface area contributed by atoms with Crippen LogP contribution in [-0.4, -0.2) is 11.1 Å². The van der Waals surface area contributed by atoms with Gasteiger partial charge >= 0.3 is 0 Å². The lowest BCUT2D eigenvalue weighted by Crippen LogP contribution is -3.00. The molecule has 0 amide bonds. The molecular weight excluding hydrogens is 171 g/mol. The first-order valence-corrected chi connectivity index (χ1v) is 3.16. The molecule has 0 aromatic carbocycles. The molecule has 0 spiro atoms. The Morgan fingerprint density at radius 3 is 1.10 bits per heavy atom. The predicted octanol–water partition coefficient (Wildman–Crippen LogP) is -7.21. The van der Waals surface area contributed by atoms with Crippen LogP contribution in [0.2, 0.25) is 0 Å². The number of rotatable bonds is 0. The Morgan fingerprint density at radius 1 is 0.900 bits per heavy atom. The molecular formula is C6H16Cl2N2. The summed E-state index contributed by atoms with van der Waals surface area (Å²) in [6, 6.07) is 0. The van der Waals surface area contributed by atoms with E-state index in [4.69, 9.17) is 0 Å². The van der Waals surface area contributed by atoms with Crippen LogP contribution in [0.25, 0.3) is 0 Å². The molecule has 6 N–H and O–H groups in total. The molecule has 1 rings (SSSR count). The summed E-state index contributed by atoms with van der Waals surface area (Å²) in [5.74, 6) is 0. The molecule has 0 aromatic heterocycles. The fourth-order valence-corrected chi connectivity index (χ4v) is 0.979. The monoisotopic (exact) mass is 186 g/mol. The van der Waals surface area contributed by atoms with Crippen LogP contribution in [-0.2, 0) is 0 Å². The molecule has 0 aliphatic heterocycles. The zero-order chi connectivity index (χ0) is 6.41. The van der Waals surface area contributed by atoms with Crippen molar-refractivity contribution in [2.75, 3.05) is 0 Å². The molecule has 0 bridgehead atoms. The molecule has 1 fully saturated rings. The van der Waals surface area contributed by atoms with E-state index in [0.29, 0.717) is 0 Å². The van der Waals surface area contributed by atoms with E-state index >= 15 is 0 Å². The van der Waals surface area contributed by atoms with Crippen molar-refractivity contribution in [1.82, 2.24) is 0 Å². The van der Waals surface area contributed by atoms with E-state index in [1.165, 1.54) is 12.8 Å². The van der Waals surface area contributed by atoms with E-state index in [1.54, 1.807) is 0 Å². The third kappa shape index (κ3) is 1.76. The highest BCUT2D eigenvalue weighted by Crippen LogP contribution is 2.33. The quantitative estimate of drug-likeness (QED) is 0.378. The molecule has 64 valence electrons. The second-order valence-electron chi connectivity index (χ2n) is 3.62. The van der Waals surface area contributed by atoms with Crippen molar-refractivity contribution in [3.05, 3.63) is 0 Å². The normalized spacial score (nSPS) is 44.4. The Hall–Kier alpha value is 0.500. The largest absolute Gasteiger partial charge is 1.00 e. The maximum absolute atomic E-state index is 4.07. The van der Waals surface area contributed by atoms with Crippen LogP contribution in [0.3, 0.4) is 0 Å². The summed E-state index contributed by atoms with van der Waals surface area (Å²) >= 11 is 0. The maximum Gasteiger partial charge on any atom is 0.147 e. The van der Waals surface area contributed by atoms with Crippen molar-refractivity contribution in [2.45, 2.75) is 37.8 Å². The topological polar surface area (TPSA) is 55.3 Å². The van der Waals surface area contributed by atoms with Gasteiger partial charge in [-0.3, -0.25) is 0 Å². The summed E-state index contributed by atoms with van der Waals surface area (Å²) in [7, 11) is 0. The standard InChI is InChI=1S/C6H14N2.2ClH/c1-5(7)3-4-6(5,2)8;;/h3-4,7-8H2,1-2H3;2*1H/t5-,6+;;. The third-order valence-electron chi connectivity index (χ3n) is 2.69. The van der Waals surface area contributed by atoms with Gasteiger partial charge in [-0.25, -0.2) is 0 Å². The van der Waals surface area contributed by atoms with E-state index in [-0.39, 0.29) is 35.9 Å². The minimum absolute atomic E-state index is 0. The molecule has 2 nitrogen and oxygen atoms in total. The minimum atomic E-state index is 0. The number of hydrogen-bond acceptors (Lipinski definition) is 0. The molecule has 2 atom stereocenters. The molecule has 10 heavy (non-hydrogen) atoms. The highest BCUT2D eigenvalue weighted by molar-refractivity contribution is 5.00. The van der Waals surface area contributed by atoms with Crippen LogP contribution in [0.5, 0.6) is 0 Å². The summed E-state index contributed by atoms with van der Waals surface area (Å²) in [6.45, 7) is 4.37. The Kier molecular flexibility index (Phi) is 4.28. The lowest BCUT2D eigenvalue weighted by molar-refractivity contribution is -0.633. The van der Waals surface area contributed by atoms with Gasteiger partial charge < -0.3 is 36.3 Å². The van der Waals surface area contributed by atoms with Crippen molar-refractivity contribution < 1.29 is 36.3 Å². The molecule has 0 aromatic rings. The highest BCUT2D eigenvalue weighted by Gasteiger charge is 2.54. The SMILES string of the molecule is C[C@]1([NH3+])CC[C@@]1(C)[NH3+].[Cl-].[Cl-]. The second-order valence-corrected chi connectivity index (χ2v) is 3.62. The molecule has 1 aliphatic carbocycles. The predicted molar refractivity (Wildman–Crippen MR) is 31.8 cm³/mol. The second kappa shape index (κ2) is 3.26. The summed E-state index contributed by atoms with van der Waals surface area (Å²) in [4.78, 5) is 0. The summed E-state index contributed by atoms with van der Waals surface area (Å²) in [5.41, 5.74) is 8.65. The van der Waals surface area contributed by atoms with E-state index in [0.717, 1.165) is 0 Å². The van der Waals surface area contributed by atoms with Crippen molar-refractivity contribution in [3.63, 3.8) is 0 Å². The zero-order valence-electron chi connectivity index (χ0n) is 6.58. The van der Waals surface area contributed by atoms with Crippen LogP contribution >= 0.6 is 0 Å². The molecule has 0 saturated heterocycles. The highest BCUT2D eigenvalue weighted by atomic mass is 35.5. The van der Waals surface area contributed by atoms with E-state index in [9.17, 15) is 0 Å². The molecule has 1 saturated carbocycles. The first kappa shape index (κ1) is 13.1. The number of halogens is 2. The van der Waals surface area contributed by atoms with Gasteiger partial charge in [0.1, 0.15) is 11.1 Å². The van der Waals surface area contributed by atoms with Gasteiger partial charge in [-0.1, -0.05) is 0 Å². The van der Waals surface area contributed by atoms with Crippen molar-refractivity contribution >= 4 is 0 Å². The molecule has 0 heterocycles. The van der Waals surface area contributed by atoms with Crippen molar-refractivity contribution in [1.29, 1.82) is 0 Å².